The van der Waals surface area contributed by atoms with Gasteiger partial charge in [-0.15, -0.1) is 0 Å². The third-order valence-electron chi connectivity index (χ3n) is 3.20. The molecule has 5 nitrogen and oxygen atoms in total. The van der Waals surface area contributed by atoms with Crippen molar-refractivity contribution in [1.29, 1.82) is 0 Å². The van der Waals surface area contributed by atoms with Gasteiger partial charge in [-0.1, -0.05) is 11.6 Å². The van der Waals surface area contributed by atoms with E-state index in [1.165, 1.54) is 0 Å². The first-order valence-corrected chi connectivity index (χ1v) is 7.36. The number of carbonyl (C=O) groups excluding carboxylic acids is 1. The molecule has 0 fully saturated rings. The number of nitrogens with zero attached hydrogens (tertiary/aromatic N) is 1. The zero-order valence-electron chi connectivity index (χ0n) is 12.9. The van der Waals surface area contributed by atoms with Gasteiger partial charge in [-0.25, -0.2) is 0 Å². The lowest BCUT2D eigenvalue weighted by molar-refractivity contribution is -0.120. The quantitative estimate of drug-likeness (QED) is 0.681. The number of amides is 1. The molecule has 1 rings (SSSR count). The van der Waals surface area contributed by atoms with Gasteiger partial charge in [0, 0.05) is 58.0 Å². The molecule has 1 amide bonds. The van der Waals surface area contributed by atoms with Crippen molar-refractivity contribution in [3.63, 3.8) is 0 Å². The molecule has 0 saturated carbocycles. The van der Waals surface area contributed by atoms with Crippen molar-refractivity contribution in [2.45, 2.75) is 13.0 Å². The molecule has 6 heteroatoms. The van der Waals surface area contributed by atoms with Gasteiger partial charge in [0.15, 0.2) is 0 Å². The van der Waals surface area contributed by atoms with Crippen molar-refractivity contribution in [1.82, 2.24) is 10.6 Å². The van der Waals surface area contributed by atoms with Crippen molar-refractivity contribution in [2.75, 3.05) is 45.8 Å². The van der Waals surface area contributed by atoms with Crippen LogP contribution in [-0.4, -0.2) is 46.8 Å². The molecule has 0 saturated heterocycles. The molecule has 0 aromatic heterocycles. The Morgan fingerprint density at radius 1 is 1.43 bits per heavy atom. The molecule has 21 heavy (non-hydrogen) atoms. The van der Waals surface area contributed by atoms with Crippen LogP contribution in [0, 0.1) is 0 Å². The summed E-state index contributed by atoms with van der Waals surface area (Å²) in [4.78, 5) is 13.4. The second-order valence-electron chi connectivity index (χ2n) is 4.79. The summed E-state index contributed by atoms with van der Waals surface area (Å²) in [5.41, 5.74) is 2.19. The van der Waals surface area contributed by atoms with E-state index >= 15 is 0 Å². The molecule has 0 unspecified atom stereocenters. The number of nitrogens with one attached hydrogen (secondary N) is 2. The third-order valence-corrected chi connectivity index (χ3v) is 3.44. The molecule has 0 spiro atoms. The average Bonchev–Trinajstić information content (AvgIpc) is 2.49. The Morgan fingerprint density at radius 3 is 2.86 bits per heavy atom. The minimum absolute atomic E-state index is 0.0376. The molecule has 0 aliphatic rings. The zero-order chi connectivity index (χ0) is 15.7. The van der Waals surface area contributed by atoms with Crippen molar-refractivity contribution in [3.8, 4) is 0 Å². The predicted molar refractivity (Wildman–Crippen MR) is 87.0 cm³/mol. The standard InChI is InChI=1S/C15H24ClN3O2/c1-17-15(20)6-8-19(2)14-5-4-13(16)10-12(14)11-18-7-9-21-3/h4-5,10,18H,6-9,11H2,1-3H3,(H,17,20). The zero-order valence-corrected chi connectivity index (χ0v) is 13.7. The van der Waals surface area contributed by atoms with Crippen LogP contribution in [0.3, 0.4) is 0 Å². The minimum Gasteiger partial charge on any atom is -0.383 e. The molecule has 1 aromatic carbocycles. The van der Waals surface area contributed by atoms with Crippen molar-refractivity contribution in [2.24, 2.45) is 0 Å². The van der Waals surface area contributed by atoms with Crippen LogP contribution in [-0.2, 0) is 16.1 Å². The Morgan fingerprint density at radius 2 is 2.19 bits per heavy atom. The molecular formula is C15H24ClN3O2. The average molecular weight is 314 g/mol. The van der Waals surface area contributed by atoms with Gasteiger partial charge < -0.3 is 20.3 Å². The molecule has 0 bridgehead atoms. The highest BCUT2D eigenvalue weighted by Crippen LogP contribution is 2.23. The van der Waals surface area contributed by atoms with Gasteiger partial charge >= 0.3 is 0 Å². The Hall–Kier alpha value is -1.30. The van der Waals surface area contributed by atoms with E-state index in [0.717, 1.165) is 17.8 Å². The third kappa shape index (κ3) is 6.33. The van der Waals surface area contributed by atoms with Crippen LogP contribution < -0.4 is 15.5 Å². The Balaban J connectivity index is 2.68. The maximum absolute atomic E-state index is 11.3. The van der Waals surface area contributed by atoms with Gasteiger partial charge in [-0.3, -0.25) is 4.79 Å². The lowest BCUT2D eigenvalue weighted by Crippen LogP contribution is -2.27. The van der Waals surface area contributed by atoms with E-state index in [2.05, 4.69) is 15.5 Å². The molecule has 2 N–H and O–H groups in total. The number of ether oxygens (including phenoxy) is 1. The number of halogens is 1. The predicted octanol–water partition coefficient (Wildman–Crippen LogP) is 1.65. The molecule has 0 heterocycles. The summed E-state index contributed by atoms with van der Waals surface area (Å²) in [7, 11) is 5.31. The van der Waals surface area contributed by atoms with Gasteiger partial charge in [-0.2, -0.15) is 0 Å². The van der Waals surface area contributed by atoms with Crippen LogP contribution in [0.15, 0.2) is 18.2 Å². The second-order valence-corrected chi connectivity index (χ2v) is 5.22. The highest BCUT2D eigenvalue weighted by Gasteiger charge is 2.09. The monoisotopic (exact) mass is 313 g/mol. The number of carbonyl (C=O) groups is 1. The van der Waals surface area contributed by atoms with Crippen LogP contribution in [0.4, 0.5) is 5.69 Å². The highest BCUT2D eigenvalue weighted by atomic mass is 35.5. The molecule has 1 aromatic rings. The van der Waals surface area contributed by atoms with Crippen molar-refractivity contribution >= 4 is 23.2 Å². The SMILES string of the molecule is CNC(=O)CCN(C)c1ccc(Cl)cc1CNCCOC. The number of methoxy groups -OCH3 is 1. The second kappa shape index (κ2) is 9.60. The topological polar surface area (TPSA) is 53.6 Å². The molecule has 0 aliphatic heterocycles. The summed E-state index contributed by atoms with van der Waals surface area (Å²) >= 11 is 6.08. The normalized spacial score (nSPS) is 10.5. The number of anilines is 1. The smallest absolute Gasteiger partial charge is 0.221 e. The molecule has 0 atom stereocenters. The number of hydrogen-bond donors (Lipinski definition) is 2. The Labute approximate surface area is 131 Å². The maximum atomic E-state index is 11.3. The summed E-state index contributed by atoms with van der Waals surface area (Å²) < 4.78 is 5.02. The molecular weight excluding hydrogens is 290 g/mol. The summed E-state index contributed by atoms with van der Waals surface area (Å²) in [5.74, 6) is 0.0376. The molecule has 118 valence electrons. The van der Waals surface area contributed by atoms with Gasteiger partial charge in [0.1, 0.15) is 0 Å². The number of benzene rings is 1. The van der Waals surface area contributed by atoms with E-state index in [-0.39, 0.29) is 5.91 Å². The van der Waals surface area contributed by atoms with Crippen LogP contribution >= 0.6 is 11.6 Å². The summed E-state index contributed by atoms with van der Waals surface area (Å²) in [6, 6.07) is 5.80. The van der Waals surface area contributed by atoms with E-state index < -0.39 is 0 Å². The van der Waals surface area contributed by atoms with Crippen LogP contribution in [0.5, 0.6) is 0 Å². The van der Waals surface area contributed by atoms with E-state index in [0.29, 0.717) is 31.1 Å². The van der Waals surface area contributed by atoms with Gasteiger partial charge in [0.2, 0.25) is 5.91 Å². The van der Waals surface area contributed by atoms with Crippen molar-refractivity contribution in [3.05, 3.63) is 28.8 Å². The highest BCUT2D eigenvalue weighted by molar-refractivity contribution is 6.30. The fourth-order valence-corrected chi connectivity index (χ4v) is 2.17. The lowest BCUT2D eigenvalue weighted by atomic mass is 10.1. The first-order chi connectivity index (χ1) is 10.1. The number of rotatable bonds is 9. The van der Waals surface area contributed by atoms with Crippen LogP contribution in [0.25, 0.3) is 0 Å². The summed E-state index contributed by atoms with van der Waals surface area (Å²) in [5, 5.41) is 6.65. The lowest BCUT2D eigenvalue weighted by Gasteiger charge is -2.22. The largest absolute Gasteiger partial charge is 0.383 e. The summed E-state index contributed by atoms with van der Waals surface area (Å²) in [6.45, 7) is 2.82. The molecule has 0 aliphatic carbocycles. The van der Waals surface area contributed by atoms with E-state index in [9.17, 15) is 4.79 Å². The van der Waals surface area contributed by atoms with E-state index in [1.54, 1.807) is 14.2 Å². The van der Waals surface area contributed by atoms with Crippen LogP contribution in [0.1, 0.15) is 12.0 Å². The summed E-state index contributed by atoms with van der Waals surface area (Å²) in [6.07, 6.45) is 0.464. The van der Waals surface area contributed by atoms with Gasteiger partial charge in [-0.05, 0) is 23.8 Å². The van der Waals surface area contributed by atoms with Gasteiger partial charge in [0.25, 0.3) is 0 Å². The Bertz CT molecular complexity index is 455. The Kier molecular flexibility index (Phi) is 8.12. The fraction of sp³-hybridized carbons (Fsp3) is 0.533. The first kappa shape index (κ1) is 17.8. The van der Waals surface area contributed by atoms with E-state index in [1.807, 2.05) is 25.2 Å². The fourth-order valence-electron chi connectivity index (χ4n) is 1.98. The van der Waals surface area contributed by atoms with Gasteiger partial charge in [0.05, 0.1) is 6.61 Å². The first-order valence-electron chi connectivity index (χ1n) is 6.98. The van der Waals surface area contributed by atoms with Crippen molar-refractivity contribution < 1.29 is 9.53 Å². The van der Waals surface area contributed by atoms with E-state index in [4.69, 9.17) is 16.3 Å². The molecule has 0 radical (unpaired) electrons. The maximum Gasteiger partial charge on any atom is 0.221 e. The van der Waals surface area contributed by atoms with Crippen LogP contribution in [0.2, 0.25) is 5.02 Å². The minimum atomic E-state index is 0.0376. The number of hydrogen-bond acceptors (Lipinski definition) is 4.